The van der Waals surface area contributed by atoms with E-state index in [0.717, 1.165) is 11.8 Å². The third-order valence-electron chi connectivity index (χ3n) is 4.87. The van der Waals surface area contributed by atoms with E-state index in [-0.39, 0.29) is 7.92 Å². The summed E-state index contributed by atoms with van der Waals surface area (Å²) >= 11 is 1.98. The van der Waals surface area contributed by atoms with Crippen LogP contribution >= 0.6 is 19.3 Å². The second-order valence-electron chi connectivity index (χ2n) is 8.75. The number of hydrogen-bond acceptors (Lipinski definition) is 1. The highest BCUT2D eigenvalue weighted by molar-refractivity contribution is 7.66. The van der Waals surface area contributed by atoms with Gasteiger partial charge in [0.2, 0.25) is 0 Å². The molecule has 3 aromatic rings. The molecule has 3 rings (SSSR count). The number of rotatable bonds is 7. The van der Waals surface area contributed by atoms with Crippen molar-refractivity contribution < 1.29 is 0 Å². The highest BCUT2D eigenvalue weighted by Gasteiger charge is 2.22. The van der Waals surface area contributed by atoms with Crippen LogP contribution in [-0.4, -0.2) is 12.3 Å². The largest absolute Gasteiger partial charge is 0.135 e. The summed E-state index contributed by atoms with van der Waals surface area (Å²) in [4.78, 5) is 2.90. The van der Waals surface area contributed by atoms with Gasteiger partial charge in [-0.15, -0.1) is 11.3 Å². The first-order chi connectivity index (χ1) is 13.3. The number of aryl methyl sites for hydroxylation is 2. The Morgan fingerprint density at radius 2 is 1.18 bits per heavy atom. The van der Waals surface area contributed by atoms with Crippen molar-refractivity contribution in [3.05, 3.63) is 65.7 Å². The van der Waals surface area contributed by atoms with Crippen LogP contribution in [0.1, 0.15) is 38.8 Å². The molecule has 0 spiro atoms. The molecule has 0 aliphatic carbocycles. The first kappa shape index (κ1) is 21.3. The van der Waals surface area contributed by atoms with E-state index < -0.39 is 0 Å². The molecular weight excluding hydrogens is 375 g/mol. The molecule has 148 valence electrons. The van der Waals surface area contributed by atoms with E-state index in [1.165, 1.54) is 44.3 Å². The molecule has 0 unspecified atom stereocenters. The van der Waals surface area contributed by atoms with Gasteiger partial charge in [0.1, 0.15) is 0 Å². The van der Waals surface area contributed by atoms with Gasteiger partial charge in [0.25, 0.3) is 0 Å². The Morgan fingerprint density at radius 3 is 1.64 bits per heavy atom. The van der Waals surface area contributed by atoms with Crippen LogP contribution in [0.5, 0.6) is 0 Å². The van der Waals surface area contributed by atoms with Crippen LogP contribution in [0.3, 0.4) is 0 Å². The zero-order valence-corrected chi connectivity index (χ0v) is 19.8. The third kappa shape index (κ3) is 5.34. The number of benzene rings is 2. The van der Waals surface area contributed by atoms with Crippen molar-refractivity contribution in [2.24, 2.45) is 11.8 Å². The zero-order valence-electron chi connectivity index (χ0n) is 18.1. The minimum Gasteiger partial charge on any atom is -0.135 e. The van der Waals surface area contributed by atoms with Crippen molar-refractivity contribution in [2.45, 2.75) is 41.5 Å². The Kier molecular flexibility index (Phi) is 7.13. The highest BCUT2D eigenvalue weighted by atomic mass is 32.1. The second-order valence-corrected chi connectivity index (χ2v) is 12.1. The molecule has 1 aromatic heterocycles. The summed E-state index contributed by atoms with van der Waals surface area (Å²) in [6.07, 6.45) is 2.63. The van der Waals surface area contributed by atoms with Crippen molar-refractivity contribution in [3.63, 3.8) is 0 Å². The molecule has 0 saturated heterocycles. The van der Waals surface area contributed by atoms with Gasteiger partial charge in [0.15, 0.2) is 0 Å². The molecule has 1 heterocycles. The Labute approximate surface area is 176 Å². The number of thiophene rings is 1. The summed E-state index contributed by atoms with van der Waals surface area (Å²) in [7, 11) is -0.152. The van der Waals surface area contributed by atoms with Gasteiger partial charge >= 0.3 is 0 Å². The second kappa shape index (κ2) is 9.38. The zero-order chi connectivity index (χ0) is 20.3. The maximum absolute atomic E-state index is 2.51. The predicted molar refractivity (Wildman–Crippen MR) is 131 cm³/mol. The topological polar surface area (TPSA) is 0 Å². The number of hydrogen-bond donors (Lipinski definition) is 0. The van der Waals surface area contributed by atoms with Crippen LogP contribution < -0.4 is 5.30 Å². The Hall–Kier alpha value is -1.43. The molecule has 0 fully saturated rings. The first-order valence-electron chi connectivity index (χ1n) is 10.4. The van der Waals surface area contributed by atoms with E-state index in [1.807, 2.05) is 11.3 Å². The van der Waals surface area contributed by atoms with Crippen molar-refractivity contribution in [1.29, 1.82) is 0 Å². The Balaban J connectivity index is 2.11. The highest BCUT2D eigenvalue weighted by Crippen LogP contribution is 2.46. The molecule has 0 saturated carbocycles. The minimum absolute atomic E-state index is 0.152. The third-order valence-corrected chi connectivity index (χ3v) is 9.63. The van der Waals surface area contributed by atoms with E-state index in [2.05, 4.69) is 96.1 Å². The van der Waals surface area contributed by atoms with Gasteiger partial charge in [-0.3, -0.25) is 0 Å². The normalized spacial score (nSPS) is 11.8. The predicted octanol–water partition coefficient (Wildman–Crippen LogP) is 8.12. The molecule has 0 aliphatic heterocycles. The molecule has 0 bridgehead atoms. The molecular formula is C26H33PS. The smallest absolute Gasteiger partial charge is 0.0426 e. The van der Waals surface area contributed by atoms with E-state index in [9.17, 15) is 0 Å². The maximum Gasteiger partial charge on any atom is 0.0426 e. The van der Waals surface area contributed by atoms with E-state index in [4.69, 9.17) is 0 Å². The minimum atomic E-state index is -0.152. The van der Waals surface area contributed by atoms with Crippen LogP contribution in [-0.2, 0) is 0 Å². The molecule has 0 radical (unpaired) electrons. The fraction of sp³-hybridized carbons (Fsp3) is 0.385. The quantitative estimate of drug-likeness (QED) is 0.346. The molecule has 0 amide bonds. The van der Waals surface area contributed by atoms with Gasteiger partial charge in [-0.05, 0) is 60.5 Å². The van der Waals surface area contributed by atoms with E-state index in [1.54, 1.807) is 5.30 Å². The average Bonchev–Trinajstić information content (AvgIpc) is 3.07. The summed E-state index contributed by atoms with van der Waals surface area (Å²) < 4.78 is 0. The summed E-state index contributed by atoms with van der Waals surface area (Å²) in [5, 5.41) is 1.61. The molecule has 0 aliphatic rings. The fourth-order valence-corrected chi connectivity index (χ4v) is 8.25. The molecule has 2 aromatic carbocycles. The SMILES string of the molecule is Cc1ccc(-c2cc(P(CC(C)C)CC(C)C)c(-c3ccc(C)cc3)s2)cc1. The van der Waals surface area contributed by atoms with Gasteiger partial charge < -0.3 is 0 Å². The lowest BCUT2D eigenvalue weighted by Crippen LogP contribution is -2.12. The van der Waals surface area contributed by atoms with Crippen molar-refractivity contribution in [1.82, 2.24) is 0 Å². The lowest BCUT2D eigenvalue weighted by Gasteiger charge is -2.22. The van der Waals surface area contributed by atoms with Gasteiger partial charge in [-0.1, -0.05) is 95.3 Å². The lowest BCUT2D eigenvalue weighted by atomic mass is 10.1. The van der Waals surface area contributed by atoms with Crippen LogP contribution in [0.25, 0.3) is 20.9 Å². The Bertz CT molecular complexity index is 875. The lowest BCUT2D eigenvalue weighted by molar-refractivity contribution is 0.721. The molecule has 0 nitrogen and oxygen atoms in total. The maximum atomic E-state index is 2.51. The summed E-state index contributed by atoms with van der Waals surface area (Å²) in [5.74, 6) is 1.47. The van der Waals surface area contributed by atoms with Gasteiger partial charge in [-0.25, -0.2) is 0 Å². The van der Waals surface area contributed by atoms with Crippen molar-refractivity contribution in [3.8, 4) is 20.9 Å². The molecule has 0 N–H and O–H groups in total. The molecule has 28 heavy (non-hydrogen) atoms. The van der Waals surface area contributed by atoms with Gasteiger partial charge in [0, 0.05) is 9.75 Å². The molecule has 2 heteroatoms. The van der Waals surface area contributed by atoms with E-state index >= 15 is 0 Å². The summed E-state index contributed by atoms with van der Waals surface area (Å²) in [6, 6.07) is 20.6. The van der Waals surface area contributed by atoms with Crippen molar-refractivity contribution >= 4 is 24.6 Å². The first-order valence-corrected chi connectivity index (χ1v) is 12.9. The fourth-order valence-electron chi connectivity index (χ4n) is 3.54. The van der Waals surface area contributed by atoms with Crippen LogP contribution in [0.15, 0.2) is 54.6 Å². The van der Waals surface area contributed by atoms with E-state index in [0.29, 0.717) is 0 Å². The van der Waals surface area contributed by atoms with Crippen molar-refractivity contribution in [2.75, 3.05) is 12.3 Å². The standard InChI is InChI=1S/C26H33PS/c1-18(2)16-27(17-19(3)4)24-15-25(22-11-7-20(5)8-12-22)28-26(24)23-13-9-21(6)10-14-23/h7-15,18-19H,16-17H2,1-6H3. The monoisotopic (exact) mass is 408 g/mol. The van der Waals surface area contributed by atoms with Crippen LogP contribution in [0, 0.1) is 25.7 Å². The van der Waals surface area contributed by atoms with Gasteiger partial charge in [0.05, 0.1) is 0 Å². The molecule has 0 atom stereocenters. The summed E-state index contributed by atoms with van der Waals surface area (Å²) in [6.45, 7) is 13.8. The summed E-state index contributed by atoms with van der Waals surface area (Å²) in [5.41, 5.74) is 5.37. The average molecular weight is 409 g/mol. The Morgan fingerprint density at radius 1 is 0.714 bits per heavy atom. The van der Waals surface area contributed by atoms with Crippen LogP contribution in [0.2, 0.25) is 0 Å². The van der Waals surface area contributed by atoms with Gasteiger partial charge in [-0.2, -0.15) is 0 Å². The van der Waals surface area contributed by atoms with Crippen LogP contribution in [0.4, 0.5) is 0 Å².